The Balaban J connectivity index is 1.44. The SMILES string of the molecule is Cc1ccc(-c2nc3nc(CN4CCc5ccccc5C4)cc(=O)n3[nH]2)cc1C. The summed E-state index contributed by atoms with van der Waals surface area (Å²) < 4.78 is 1.42. The van der Waals surface area contributed by atoms with Gasteiger partial charge in [-0.05, 0) is 48.6 Å². The van der Waals surface area contributed by atoms with Gasteiger partial charge in [0.1, 0.15) is 0 Å². The third-order valence-electron chi connectivity index (χ3n) is 5.76. The number of aryl methyl sites for hydroxylation is 2. The number of H-pyrrole nitrogens is 1. The van der Waals surface area contributed by atoms with Crippen molar-refractivity contribution in [2.45, 2.75) is 33.4 Å². The zero-order valence-corrected chi connectivity index (χ0v) is 16.6. The number of aromatic nitrogens is 4. The Morgan fingerprint density at radius 1 is 1.00 bits per heavy atom. The molecule has 3 heterocycles. The molecule has 0 spiro atoms. The first-order chi connectivity index (χ1) is 14.1. The van der Waals surface area contributed by atoms with Crippen molar-refractivity contribution in [1.82, 2.24) is 24.5 Å². The lowest BCUT2D eigenvalue weighted by Crippen LogP contribution is -2.31. The van der Waals surface area contributed by atoms with E-state index in [9.17, 15) is 4.79 Å². The van der Waals surface area contributed by atoms with Gasteiger partial charge in [0, 0.05) is 31.3 Å². The van der Waals surface area contributed by atoms with Crippen LogP contribution in [0.5, 0.6) is 0 Å². The van der Waals surface area contributed by atoms with Crippen LogP contribution in [0.1, 0.15) is 27.9 Å². The van der Waals surface area contributed by atoms with Gasteiger partial charge in [-0.2, -0.15) is 9.50 Å². The molecule has 6 nitrogen and oxygen atoms in total. The molecule has 6 heteroatoms. The Morgan fingerprint density at radius 3 is 2.66 bits per heavy atom. The molecule has 29 heavy (non-hydrogen) atoms. The van der Waals surface area contributed by atoms with Crippen molar-refractivity contribution >= 4 is 5.78 Å². The Bertz CT molecular complexity index is 1270. The number of hydrogen-bond acceptors (Lipinski definition) is 4. The summed E-state index contributed by atoms with van der Waals surface area (Å²) in [5.74, 6) is 1.07. The molecule has 1 N–H and O–H groups in total. The highest BCUT2D eigenvalue weighted by Crippen LogP contribution is 2.21. The van der Waals surface area contributed by atoms with Gasteiger partial charge >= 0.3 is 0 Å². The maximum atomic E-state index is 12.6. The van der Waals surface area contributed by atoms with E-state index in [0.717, 1.165) is 30.8 Å². The van der Waals surface area contributed by atoms with Gasteiger partial charge < -0.3 is 0 Å². The Labute approximate surface area is 168 Å². The summed E-state index contributed by atoms with van der Waals surface area (Å²) in [7, 11) is 0. The molecule has 0 aliphatic carbocycles. The van der Waals surface area contributed by atoms with Crippen molar-refractivity contribution in [3.63, 3.8) is 0 Å². The fourth-order valence-corrected chi connectivity index (χ4v) is 3.94. The lowest BCUT2D eigenvalue weighted by molar-refractivity contribution is 0.242. The van der Waals surface area contributed by atoms with Gasteiger partial charge in [-0.15, -0.1) is 0 Å². The highest BCUT2D eigenvalue weighted by atomic mass is 16.1. The predicted molar refractivity (Wildman–Crippen MR) is 113 cm³/mol. The number of nitrogens with one attached hydrogen (secondary N) is 1. The van der Waals surface area contributed by atoms with E-state index in [0.29, 0.717) is 18.1 Å². The van der Waals surface area contributed by atoms with Gasteiger partial charge in [0.05, 0.1) is 5.69 Å². The number of hydrogen-bond donors (Lipinski definition) is 1. The molecular formula is C23H23N5O. The van der Waals surface area contributed by atoms with E-state index >= 15 is 0 Å². The van der Waals surface area contributed by atoms with Crippen molar-refractivity contribution in [2.75, 3.05) is 6.54 Å². The summed E-state index contributed by atoms with van der Waals surface area (Å²) in [4.78, 5) is 24.2. The number of nitrogens with zero attached hydrogens (tertiary/aromatic N) is 4. The van der Waals surface area contributed by atoms with Crippen LogP contribution < -0.4 is 5.56 Å². The molecule has 5 rings (SSSR count). The Hall–Kier alpha value is -3.25. The van der Waals surface area contributed by atoms with Crippen LogP contribution >= 0.6 is 0 Å². The van der Waals surface area contributed by atoms with E-state index in [1.165, 1.54) is 26.8 Å². The first kappa shape index (κ1) is 17.8. The summed E-state index contributed by atoms with van der Waals surface area (Å²) in [6.45, 7) is 6.64. The van der Waals surface area contributed by atoms with Gasteiger partial charge in [0.25, 0.3) is 11.3 Å². The fourth-order valence-electron chi connectivity index (χ4n) is 3.94. The van der Waals surface area contributed by atoms with E-state index in [1.807, 2.05) is 6.07 Å². The molecule has 0 bridgehead atoms. The Kier molecular flexibility index (Phi) is 4.28. The van der Waals surface area contributed by atoms with Crippen LogP contribution in [0.25, 0.3) is 17.2 Å². The van der Waals surface area contributed by atoms with Crippen LogP contribution in [0.15, 0.2) is 53.3 Å². The number of rotatable bonds is 3. The molecule has 4 aromatic rings. The molecule has 0 atom stereocenters. The molecule has 0 saturated carbocycles. The molecule has 0 radical (unpaired) electrons. The summed E-state index contributed by atoms with van der Waals surface area (Å²) in [5, 5.41) is 3.09. The van der Waals surface area contributed by atoms with E-state index in [1.54, 1.807) is 6.07 Å². The molecular weight excluding hydrogens is 362 g/mol. The topological polar surface area (TPSA) is 66.3 Å². The van der Waals surface area contributed by atoms with Gasteiger partial charge in [-0.25, -0.2) is 4.98 Å². The minimum atomic E-state index is -0.134. The average molecular weight is 385 g/mol. The van der Waals surface area contributed by atoms with Gasteiger partial charge in [-0.1, -0.05) is 36.4 Å². The highest BCUT2D eigenvalue weighted by molar-refractivity contribution is 5.59. The summed E-state index contributed by atoms with van der Waals surface area (Å²) in [5.41, 5.74) is 6.76. The lowest BCUT2D eigenvalue weighted by atomic mass is 10.00. The maximum absolute atomic E-state index is 12.6. The minimum Gasteiger partial charge on any atom is -0.293 e. The second kappa shape index (κ2) is 6.97. The van der Waals surface area contributed by atoms with Crippen LogP contribution in [0.2, 0.25) is 0 Å². The third kappa shape index (κ3) is 3.36. The first-order valence-electron chi connectivity index (χ1n) is 9.92. The fraction of sp³-hybridized carbons (Fsp3) is 0.261. The number of benzene rings is 2. The smallest absolute Gasteiger partial charge is 0.274 e. The normalized spacial score (nSPS) is 14.3. The van der Waals surface area contributed by atoms with Crippen LogP contribution in [0, 0.1) is 13.8 Å². The van der Waals surface area contributed by atoms with Crippen LogP contribution in [-0.2, 0) is 19.5 Å². The lowest BCUT2D eigenvalue weighted by Gasteiger charge is -2.28. The zero-order chi connectivity index (χ0) is 20.0. The van der Waals surface area contributed by atoms with Gasteiger partial charge in [0.2, 0.25) is 0 Å². The minimum absolute atomic E-state index is 0.134. The molecule has 1 aliphatic heterocycles. The molecule has 2 aromatic heterocycles. The zero-order valence-electron chi connectivity index (χ0n) is 16.6. The van der Waals surface area contributed by atoms with Crippen molar-refractivity contribution in [3.8, 4) is 11.4 Å². The maximum Gasteiger partial charge on any atom is 0.274 e. The van der Waals surface area contributed by atoms with E-state index in [2.05, 4.69) is 70.2 Å². The molecule has 1 aliphatic rings. The predicted octanol–water partition coefficient (Wildman–Crippen LogP) is 3.26. The molecule has 0 saturated heterocycles. The molecule has 146 valence electrons. The number of aromatic amines is 1. The monoisotopic (exact) mass is 385 g/mol. The Morgan fingerprint density at radius 2 is 1.83 bits per heavy atom. The highest BCUT2D eigenvalue weighted by Gasteiger charge is 2.17. The van der Waals surface area contributed by atoms with Crippen molar-refractivity contribution in [2.24, 2.45) is 0 Å². The van der Waals surface area contributed by atoms with Crippen LogP contribution in [0.3, 0.4) is 0 Å². The molecule has 0 unspecified atom stereocenters. The van der Waals surface area contributed by atoms with Crippen LogP contribution in [0.4, 0.5) is 0 Å². The molecule has 2 aromatic carbocycles. The summed E-state index contributed by atoms with van der Waals surface area (Å²) in [6, 6.07) is 16.3. The second-order valence-corrected chi connectivity index (χ2v) is 7.82. The largest absolute Gasteiger partial charge is 0.293 e. The second-order valence-electron chi connectivity index (χ2n) is 7.82. The first-order valence-corrected chi connectivity index (χ1v) is 9.92. The summed E-state index contributed by atoms with van der Waals surface area (Å²) in [6.07, 6.45) is 1.02. The molecule has 0 fully saturated rings. The van der Waals surface area contributed by atoms with Crippen molar-refractivity contribution in [1.29, 1.82) is 0 Å². The van der Waals surface area contributed by atoms with E-state index in [4.69, 9.17) is 0 Å². The standard InChI is InChI=1S/C23H23N5O/c1-15-7-8-18(11-16(15)2)22-25-23-24-20(12-21(29)28(23)26-22)14-27-10-9-17-5-3-4-6-19(17)13-27/h3-8,11-12H,9-10,13-14H2,1-2H3,(H,24,25,26). The van der Waals surface area contributed by atoms with Crippen LogP contribution in [-0.4, -0.2) is 31.0 Å². The average Bonchev–Trinajstić information content (AvgIpc) is 3.15. The quantitative estimate of drug-likeness (QED) is 0.588. The van der Waals surface area contributed by atoms with E-state index < -0.39 is 0 Å². The van der Waals surface area contributed by atoms with Gasteiger partial charge in [0.15, 0.2) is 5.82 Å². The van der Waals surface area contributed by atoms with Crippen molar-refractivity contribution in [3.05, 3.63) is 86.8 Å². The number of fused-ring (bicyclic) bond motifs is 2. The molecule has 0 amide bonds. The van der Waals surface area contributed by atoms with Crippen molar-refractivity contribution < 1.29 is 0 Å². The third-order valence-corrected chi connectivity index (χ3v) is 5.76. The van der Waals surface area contributed by atoms with E-state index in [-0.39, 0.29) is 5.56 Å². The van der Waals surface area contributed by atoms with Gasteiger partial charge in [-0.3, -0.25) is 14.8 Å². The summed E-state index contributed by atoms with van der Waals surface area (Å²) >= 11 is 0.